The van der Waals surface area contributed by atoms with Gasteiger partial charge in [0.05, 0.1) is 20.3 Å². The van der Waals surface area contributed by atoms with Crippen LogP contribution in [-0.2, 0) is 37.0 Å². The average Bonchev–Trinajstić information content (AvgIpc) is 2.85. The summed E-state index contributed by atoms with van der Waals surface area (Å²) in [4.78, 5) is 40.5. The summed E-state index contributed by atoms with van der Waals surface area (Å²) < 4.78 is 16.2. The number of hydrogen-bond acceptors (Lipinski definition) is 6. The summed E-state index contributed by atoms with van der Waals surface area (Å²) in [6.07, 6.45) is 0.965. The molecule has 0 aliphatic heterocycles. The quantitative estimate of drug-likeness (QED) is 0.349. The molecule has 8 nitrogen and oxygen atoms in total. The van der Waals surface area contributed by atoms with E-state index in [-0.39, 0.29) is 26.2 Å². The fourth-order valence-corrected chi connectivity index (χ4v) is 3.46. The topological polar surface area (TPSA) is 94.2 Å². The van der Waals surface area contributed by atoms with Gasteiger partial charge in [-0.1, -0.05) is 66.7 Å². The van der Waals surface area contributed by atoms with Gasteiger partial charge in [0, 0.05) is 6.54 Å². The van der Waals surface area contributed by atoms with Crippen molar-refractivity contribution < 1.29 is 28.6 Å². The molecule has 2 unspecified atom stereocenters. The van der Waals surface area contributed by atoms with Crippen molar-refractivity contribution in [3.63, 3.8) is 0 Å². The molecule has 2 atom stereocenters. The molecule has 0 saturated heterocycles. The largest absolute Gasteiger partial charge is 0.467 e. The molecular formula is C28H36N2O6. The highest BCUT2D eigenvalue weighted by molar-refractivity contribution is 5.90. The molecule has 0 spiro atoms. The predicted octanol–water partition coefficient (Wildman–Crippen LogP) is 4.24. The number of nitrogens with one attached hydrogen (secondary N) is 1. The summed E-state index contributed by atoms with van der Waals surface area (Å²) in [5.74, 6) is -1.09. The molecule has 0 saturated carbocycles. The molecule has 1 N–H and O–H groups in total. The number of carbonyl (C=O) groups is 3. The lowest BCUT2D eigenvalue weighted by Gasteiger charge is -2.33. The van der Waals surface area contributed by atoms with E-state index >= 15 is 0 Å². The molecule has 36 heavy (non-hydrogen) atoms. The van der Waals surface area contributed by atoms with Gasteiger partial charge in [0.25, 0.3) is 0 Å². The first-order chi connectivity index (χ1) is 17.1. The highest BCUT2D eigenvalue weighted by Gasteiger charge is 2.35. The third-order valence-electron chi connectivity index (χ3n) is 5.10. The van der Waals surface area contributed by atoms with E-state index in [4.69, 9.17) is 14.2 Å². The Hall–Kier alpha value is -3.65. The monoisotopic (exact) mass is 496 g/mol. The van der Waals surface area contributed by atoms with Crippen molar-refractivity contribution in [3.8, 4) is 0 Å². The number of amides is 2. The molecule has 0 heterocycles. The van der Waals surface area contributed by atoms with Gasteiger partial charge in [-0.2, -0.15) is 0 Å². The molecule has 0 radical (unpaired) electrons. The number of rotatable bonds is 12. The van der Waals surface area contributed by atoms with Crippen LogP contribution in [0.1, 0.15) is 38.3 Å². The maximum Gasteiger partial charge on any atom is 0.408 e. The Morgan fingerprint density at radius 1 is 1.00 bits per heavy atom. The Labute approximate surface area is 213 Å². The third kappa shape index (κ3) is 9.54. The number of alkyl carbamates (subject to hydrolysis) is 1. The van der Waals surface area contributed by atoms with Crippen molar-refractivity contribution in [1.82, 2.24) is 10.2 Å². The number of methoxy groups -OCH3 is 1. The van der Waals surface area contributed by atoms with E-state index in [2.05, 4.69) is 11.9 Å². The van der Waals surface area contributed by atoms with Crippen molar-refractivity contribution in [2.45, 2.75) is 58.0 Å². The molecule has 2 amide bonds. The number of carbonyl (C=O) groups excluding carboxylic acids is 3. The standard InChI is InChI=1S/C28H36N2O6/c1-6-13-24(26(32)34-5)30(18-21-14-9-7-10-15-21)25(31)23(29-27(33)36-28(2,3)4)20-35-19-22-16-11-8-12-17-22/h6-12,14-17,23-24H,1,13,18-20H2,2-5H3,(H,29,33). The predicted molar refractivity (Wildman–Crippen MR) is 137 cm³/mol. The molecule has 2 rings (SSSR count). The van der Waals surface area contributed by atoms with Crippen LogP contribution in [0, 0.1) is 0 Å². The Bertz CT molecular complexity index is 988. The number of esters is 1. The molecule has 0 aromatic heterocycles. The number of benzene rings is 2. The van der Waals surface area contributed by atoms with Crippen LogP contribution in [0.25, 0.3) is 0 Å². The molecule has 8 heteroatoms. The Morgan fingerprint density at radius 2 is 1.58 bits per heavy atom. The molecule has 2 aromatic rings. The highest BCUT2D eigenvalue weighted by Crippen LogP contribution is 2.16. The van der Waals surface area contributed by atoms with Crippen LogP contribution < -0.4 is 5.32 Å². The van der Waals surface area contributed by atoms with Crippen molar-refractivity contribution in [1.29, 1.82) is 0 Å². The maximum absolute atomic E-state index is 13.9. The first-order valence-electron chi connectivity index (χ1n) is 11.8. The second-order valence-corrected chi connectivity index (χ2v) is 9.21. The van der Waals surface area contributed by atoms with Crippen LogP contribution in [0.3, 0.4) is 0 Å². The average molecular weight is 497 g/mol. The lowest BCUT2D eigenvalue weighted by Crippen LogP contribution is -2.55. The van der Waals surface area contributed by atoms with E-state index in [1.807, 2.05) is 60.7 Å². The van der Waals surface area contributed by atoms with Crippen molar-refractivity contribution >= 4 is 18.0 Å². The van der Waals surface area contributed by atoms with Crippen LogP contribution >= 0.6 is 0 Å². The second kappa shape index (κ2) is 14.0. The first-order valence-corrected chi connectivity index (χ1v) is 11.8. The van der Waals surface area contributed by atoms with Crippen molar-refractivity contribution in [3.05, 3.63) is 84.4 Å². The minimum atomic E-state index is -1.11. The lowest BCUT2D eigenvalue weighted by atomic mass is 10.1. The van der Waals surface area contributed by atoms with E-state index in [1.54, 1.807) is 26.8 Å². The molecule has 0 fully saturated rings. The molecule has 0 bridgehead atoms. The second-order valence-electron chi connectivity index (χ2n) is 9.21. The minimum Gasteiger partial charge on any atom is -0.467 e. The smallest absolute Gasteiger partial charge is 0.408 e. The van der Waals surface area contributed by atoms with Gasteiger partial charge < -0.3 is 24.4 Å². The summed E-state index contributed by atoms with van der Waals surface area (Å²) in [6, 6.07) is 16.7. The van der Waals surface area contributed by atoms with Gasteiger partial charge in [-0.15, -0.1) is 6.58 Å². The van der Waals surface area contributed by atoms with Crippen molar-refractivity contribution in [2.75, 3.05) is 13.7 Å². The number of hydrogen-bond donors (Lipinski definition) is 1. The maximum atomic E-state index is 13.9. The van der Waals surface area contributed by atoms with E-state index in [0.29, 0.717) is 0 Å². The molecule has 0 aliphatic carbocycles. The Kier molecular flexibility index (Phi) is 11.1. The summed E-state index contributed by atoms with van der Waals surface area (Å²) in [5, 5.41) is 2.62. The lowest BCUT2D eigenvalue weighted by molar-refractivity contribution is -0.154. The van der Waals surface area contributed by atoms with Gasteiger partial charge in [-0.05, 0) is 38.3 Å². The summed E-state index contributed by atoms with van der Waals surface area (Å²) in [5.41, 5.74) is 0.968. The van der Waals surface area contributed by atoms with Gasteiger partial charge >= 0.3 is 12.1 Å². The van der Waals surface area contributed by atoms with Crippen LogP contribution in [0.15, 0.2) is 73.3 Å². The normalized spacial score (nSPS) is 12.7. The summed E-state index contributed by atoms with van der Waals surface area (Å²) >= 11 is 0. The van der Waals surface area contributed by atoms with Gasteiger partial charge in [0.15, 0.2) is 0 Å². The van der Waals surface area contributed by atoms with Gasteiger partial charge in [-0.25, -0.2) is 9.59 Å². The zero-order chi connectivity index (χ0) is 26.6. The van der Waals surface area contributed by atoms with E-state index in [9.17, 15) is 14.4 Å². The molecule has 0 aliphatic rings. The first kappa shape index (κ1) is 28.6. The fraction of sp³-hybridized carbons (Fsp3) is 0.393. The van der Waals surface area contributed by atoms with Gasteiger partial charge in [0.1, 0.15) is 17.7 Å². The van der Waals surface area contributed by atoms with Gasteiger partial charge in [0.2, 0.25) is 5.91 Å². The zero-order valence-electron chi connectivity index (χ0n) is 21.4. The Balaban J connectivity index is 2.33. The van der Waals surface area contributed by atoms with Crippen LogP contribution in [-0.4, -0.2) is 54.3 Å². The highest BCUT2D eigenvalue weighted by atomic mass is 16.6. The fourth-order valence-electron chi connectivity index (χ4n) is 3.46. The minimum absolute atomic E-state index is 0.123. The SMILES string of the molecule is C=CCC(C(=O)OC)N(Cc1ccccc1)C(=O)C(COCc1ccccc1)NC(=O)OC(C)(C)C. The van der Waals surface area contributed by atoms with E-state index in [0.717, 1.165) is 11.1 Å². The van der Waals surface area contributed by atoms with Crippen LogP contribution in [0.5, 0.6) is 0 Å². The van der Waals surface area contributed by atoms with Gasteiger partial charge in [-0.3, -0.25) is 4.79 Å². The molecule has 194 valence electrons. The van der Waals surface area contributed by atoms with Crippen molar-refractivity contribution in [2.24, 2.45) is 0 Å². The van der Waals surface area contributed by atoms with E-state index < -0.39 is 35.7 Å². The summed E-state index contributed by atoms with van der Waals surface area (Å²) in [7, 11) is 1.27. The van der Waals surface area contributed by atoms with E-state index in [1.165, 1.54) is 12.0 Å². The van der Waals surface area contributed by atoms with Crippen LogP contribution in [0.2, 0.25) is 0 Å². The Morgan fingerprint density at radius 3 is 2.11 bits per heavy atom. The zero-order valence-corrected chi connectivity index (χ0v) is 21.4. The molecule has 2 aromatic carbocycles. The summed E-state index contributed by atoms with van der Waals surface area (Å²) in [6.45, 7) is 9.16. The molecular weight excluding hydrogens is 460 g/mol. The van der Waals surface area contributed by atoms with Crippen LogP contribution in [0.4, 0.5) is 4.79 Å². The number of ether oxygens (including phenoxy) is 3. The third-order valence-corrected chi connectivity index (χ3v) is 5.10. The number of nitrogens with zero attached hydrogens (tertiary/aromatic N) is 1.